The van der Waals surface area contributed by atoms with Crippen molar-refractivity contribution in [1.82, 2.24) is 9.62 Å². The molecule has 0 saturated carbocycles. The fourth-order valence-corrected chi connectivity index (χ4v) is 3.14. The van der Waals surface area contributed by atoms with Gasteiger partial charge in [-0.1, -0.05) is 13.8 Å². The monoisotopic (exact) mass is 270 g/mol. The quantitative estimate of drug-likeness (QED) is 0.642. The molecule has 0 radical (unpaired) electrons. The Labute approximate surface area is 104 Å². The zero-order valence-electron chi connectivity index (χ0n) is 10.4. The SMILES string of the molecule is CCN(CC)CC(C)NS(=O)(=O)CCCCl. The molecule has 1 N–H and O–H groups in total. The molecule has 4 nitrogen and oxygen atoms in total. The van der Waals surface area contributed by atoms with Crippen LogP contribution in [0.5, 0.6) is 0 Å². The molecule has 0 aliphatic heterocycles. The predicted molar refractivity (Wildman–Crippen MR) is 69.5 cm³/mol. The molecule has 0 aliphatic rings. The maximum atomic E-state index is 11.6. The molecule has 0 saturated heterocycles. The first-order chi connectivity index (χ1) is 7.45. The van der Waals surface area contributed by atoms with Crippen molar-refractivity contribution in [3.8, 4) is 0 Å². The number of likely N-dealkylation sites (N-methyl/N-ethyl adjacent to an activating group) is 1. The van der Waals surface area contributed by atoms with Gasteiger partial charge in [0.2, 0.25) is 10.0 Å². The number of hydrogen-bond acceptors (Lipinski definition) is 3. The molecule has 1 atom stereocenters. The second kappa shape index (κ2) is 8.28. The predicted octanol–water partition coefficient (Wildman–Crippen LogP) is 1.26. The van der Waals surface area contributed by atoms with E-state index in [2.05, 4.69) is 23.5 Å². The fraction of sp³-hybridized carbons (Fsp3) is 1.00. The van der Waals surface area contributed by atoms with E-state index in [4.69, 9.17) is 11.6 Å². The highest BCUT2D eigenvalue weighted by molar-refractivity contribution is 7.89. The van der Waals surface area contributed by atoms with Crippen LogP contribution in [0.4, 0.5) is 0 Å². The summed E-state index contributed by atoms with van der Waals surface area (Å²) in [6.07, 6.45) is 0.495. The van der Waals surface area contributed by atoms with E-state index in [-0.39, 0.29) is 11.8 Å². The van der Waals surface area contributed by atoms with Crippen LogP contribution in [0.2, 0.25) is 0 Å². The van der Waals surface area contributed by atoms with Crippen molar-refractivity contribution in [1.29, 1.82) is 0 Å². The first-order valence-corrected chi connectivity index (χ1v) is 7.92. The van der Waals surface area contributed by atoms with E-state index in [1.807, 2.05) is 6.92 Å². The molecule has 0 amide bonds. The smallest absolute Gasteiger partial charge is 0.211 e. The Hall–Kier alpha value is 0.160. The molecular formula is C10H23ClN2O2S. The van der Waals surface area contributed by atoms with E-state index in [0.29, 0.717) is 12.3 Å². The van der Waals surface area contributed by atoms with Crippen LogP contribution in [0, 0.1) is 0 Å². The Balaban J connectivity index is 4.07. The van der Waals surface area contributed by atoms with Gasteiger partial charge < -0.3 is 4.90 Å². The van der Waals surface area contributed by atoms with Crippen LogP contribution in [0.3, 0.4) is 0 Å². The molecule has 6 heteroatoms. The number of rotatable bonds is 9. The van der Waals surface area contributed by atoms with Gasteiger partial charge in [-0.25, -0.2) is 13.1 Å². The molecule has 0 fully saturated rings. The van der Waals surface area contributed by atoms with Crippen LogP contribution in [0.25, 0.3) is 0 Å². The Kier molecular flexibility index (Phi) is 8.36. The summed E-state index contributed by atoms with van der Waals surface area (Å²) < 4.78 is 25.8. The topological polar surface area (TPSA) is 49.4 Å². The third-order valence-corrected chi connectivity index (χ3v) is 4.21. The fourth-order valence-electron chi connectivity index (χ4n) is 1.52. The number of hydrogen-bond donors (Lipinski definition) is 1. The number of nitrogens with zero attached hydrogens (tertiary/aromatic N) is 1. The highest BCUT2D eigenvalue weighted by atomic mass is 35.5. The van der Waals surface area contributed by atoms with Gasteiger partial charge >= 0.3 is 0 Å². The molecule has 98 valence electrons. The van der Waals surface area contributed by atoms with Gasteiger partial charge in [0, 0.05) is 18.5 Å². The van der Waals surface area contributed by atoms with E-state index in [9.17, 15) is 8.42 Å². The largest absolute Gasteiger partial charge is 0.302 e. The molecule has 0 spiro atoms. The Morgan fingerprint density at radius 3 is 2.31 bits per heavy atom. The highest BCUT2D eigenvalue weighted by Gasteiger charge is 2.15. The van der Waals surface area contributed by atoms with Gasteiger partial charge in [-0.05, 0) is 26.4 Å². The van der Waals surface area contributed by atoms with Crippen molar-refractivity contribution >= 4 is 21.6 Å². The van der Waals surface area contributed by atoms with Gasteiger partial charge in [-0.3, -0.25) is 0 Å². The summed E-state index contributed by atoms with van der Waals surface area (Å²) in [6.45, 7) is 8.63. The lowest BCUT2D eigenvalue weighted by molar-refractivity contribution is 0.282. The lowest BCUT2D eigenvalue weighted by Gasteiger charge is -2.23. The average Bonchev–Trinajstić information content (AvgIpc) is 2.22. The minimum Gasteiger partial charge on any atom is -0.302 e. The van der Waals surface area contributed by atoms with E-state index in [1.54, 1.807) is 0 Å². The van der Waals surface area contributed by atoms with Gasteiger partial charge in [-0.15, -0.1) is 11.6 Å². The zero-order valence-corrected chi connectivity index (χ0v) is 11.9. The zero-order chi connectivity index (χ0) is 12.6. The van der Waals surface area contributed by atoms with Crippen molar-refractivity contribution < 1.29 is 8.42 Å². The summed E-state index contributed by atoms with van der Waals surface area (Å²) >= 11 is 5.47. The number of alkyl halides is 1. The number of sulfonamides is 1. The molecule has 0 aromatic carbocycles. The van der Waals surface area contributed by atoms with Crippen LogP contribution in [-0.2, 0) is 10.0 Å². The Morgan fingerprint density at radius 1 is 1.31 bits per heavy atom. The molecule has 1 unspecified atom stereocenters. The van der Waals surface area contributed by atoms with Gasteiger partial charge in [-0.2, -0.15) is 0 Å². The van der Waals surface area contributed by atoms with Crippen LogP contribution in [0.1, 0.15) is 27.2 Å². The summed E-state index contributed by atoms with van der Waals surface area (Å²) in [6, 6.07) is -0.0553. The number of halogens is 1. The number of nitrogens with one attached hydrogen (secondary N) is 1. The van der Waals surface area contributed by atoms with Gasteiger partial charge in [0.25, 0.3) is 0 Å². The molecule has 0 aromatic rings. The summed E-state index contributed by atoms with van der Waals surface area (Å²) in [5, 5.41) is 0. The summed E-state index contributed by atoms with van der Waals surface area (Å²) in [4.78, 5) is 2.19. The molecule has 0 aromatic heterocycles. The summed E-state index contributed by atoms with van der Waals surface area (Å²) in [7, 11) is -3.17. The Bertz CT molecular complexity index is 266. The maximum Gasteiger partial charge on any atom is 0.211 e. The summed E-state index contributed by atoms with van der Waals surface area (Å²) in [5.41, 5.74) is 0. The van der Waals surface area contributed by atoms with E-state index in [0.717, 1.165) is 19.6 Å². The van der Waals surface area contributed by atoms with Crippen molar-refractivity contribution in [3.63, 3.8) is 0 Å². The molecule has 0 bridgehead atoms. The average molecular weight is 271 g/mol. The minimum absolute atomic E-state index is 0.0553. The Morgan fingerprint density at radius 2 is 1.88 bits per heavy atom. The third-order valence-electron chi connectivity index (χ3n) is 2.35. The van der Waals surface area contributed by atoms with Crippen LogP contribution < -0.4 is 4.72 Å². The van der Waals surface area contributed by atoms with Gasteiger partial charge in [0.05, 0.1) is 5.75 Å². The van der Waals surface area contributed by atoms with Gasteiger partial charge in [0.1, 0.15) is 0 Å². The lowest BCUT2D eigenvalue weighted by Crippen LogP contribution is -2.42. The molecule has 0 heterocycles. The van der Waals surface area contributed by atoms with Crippen LogP contribution >= 0.6 is 11.6 Å². The molecular weight excluding hydrogens is 248 g/mol. The first kappa shape index (κ1) is 16.2. The normalized spacial score (nSPS) is 14.3. The third kappa shape index (κ3) is 7.44. The standard InChI is InChI=1S/C10H23ClN2O2S/c1-4-13(5-2)9-10(3)12-16(14,15)8-6-7-11/h10,12H,4-9H2,1-3H3. The van der Waals surface area contributed by atoms with E-state index >= 15 is 0 Å². The maximum absolute atomic E-state index is 11.6. The minimum atomic E-state index is -3.17. The molecule has 16 heavy (non-hydrogen) atoms. The van der Waals surface area contributed by atoms with E-state index in [1.165, 1.54) is 0 Å². The molecule has 0 aliphatic carbocycles. The van der Waals surface area contributed by atoms with Crippen molar-refractivity contribution in [2.45, 2.75) is 33.2 Å². The van der Waals surface area contributed by atoms with Crippen molar-refractivity contribution in [2.24, 2.45) is 0 Å². The highest BCUT2D eigenvalue weighted by Crippen LogP contribution is 1.97. The lowest BCUT2D eigenvalue weighted by atomic mass is 10.3. The van der Waals surface area contributed by atoms with Crippen molar-refractivity contribution in [3.05, 3.63) is 0 Å². The van der Waals surface area contributed by atoms with Crippen LogP contribution in [-0.4, -0.2) is 50.6 Å². The first-order valence-electron chi connectivity index (χ1n) is 5.73. The second-order valence-corrected chi connectivity index (χ2v) is 6.12. The second-order valence-electron chi connectivity index (χ2n) is 3.87. The van der Waals surface area contributed by atoms with Crippen molar-refractivity contribution in [2.75, 3.05) is 31.3 Å². The van der Waals surface area contributed by atoms with E-state index < -0.39 is 10.0 Å². The molecule has 0 rings (SSSR count). The summed E-state index contributed by atoms with van der Waals surface area (Å²) in [5.74, 6) is 0.491. The van der Waals surface area contributed by atoms with Crippen LogP contribution in [0.15, 0.2) is 0 Å². The van der Waals surface area contributed by atoms with Gasteiger partial charge in [0.15, 0.2) is 0 Å².